The molecule has 0 amide bonds. The van der Waals surface area contributed by atoms with E-state index in [2.05, 4.69) is 6.58 Å². The molecule has 0 bridgehead atoms. The minimum absolute atomic E-state index is 0.0167. The molecule has 0 spiro atoms. The third-order valence-electron chi connectivity index (χ3n) is 1.42. The molecule has 13 heavy (non-hydrogen) atoms. The summed E-state index contributed by atoms with van der Waals surface area (Å²) in [5.41, 5.74) is -0.0167. The number of ether oxygens (including phenoxy) is 1. The van der Waals surface area contributed by atoms with Gasteiger partial charge in [-0.25, -0.2) is 4.79 Å². The van der Waals surface area contributed by atoms with Crippen LogP contribution in [0.2, 0.25) is 0 Å². The molecule has 0 rings (SSSR count). The molecule has 0 saturated carbocycles. The lowest BCUT2D eigenvalue weighted by molar-refractivity contribution is -0.133. The zero-order chi connectivity index (χ0) is 10.3. The number of aliphatic hydroxyl groups is 2. The van der Waals surface area contributed by atoms with Crippen LogP contribution in [0.3, 0.4) is 0 Å². The second-order valence-electron chi connectivity index (χ2n) is 2.51. The van der Waals surface area contributed by atoms with Gasteiger partial charge in [0.2, 0.25) is 0 Å². The zero-order valence-electron chi connectivity index (χ0n) is 7.27. The summed E-state index contributed by atoms with van der Waals surface area (Å²) in [7, 11) is 0. The van der Waals surface area contributed by atoms with Crippen LogP contribution in [0, 0.1) is 0 Å². The molecule has 0 fully saturated rings. The first kappa shape index (κ1) is 12.1. The van der Waals surface area contributed by atoms with Crippen LogP contribution in [0.1, 0.15) is 6.42 Å². The van der Waals surface area contributed by atoms with Gasteiger partial charge in [-0.3, -0.25) is 0 Å². The van der Waals surface area contributed by atoms with Crippen LogP contribution in [0.4, 0.5) is 0 Å². The second-order valence-corrected chi connectivity index (χ2v) is 2.51. The number of hydrogen-bond donors (Lipinski definition) is 3. The van der Waals surface area contributed by atoms with Gasteiger partial charge in [-0.05, 0) is 0 Å². The normalized spacial score (nSPS) is 12.5. The Labute approximate surface area is 76.3 Å². The SMILES string of the molecule is C=C(CC(CO)OCCO)C(=O)O. The number of carboxylic acid groups (broad SMARTS) is 1. The van der Waals surface area contributed by atoms with Crippen LogP contribution in [0.5, 0.6) is 0 Å². The fourth-order valence-electron chi connectivity index (χ4n) is 0.758. The van der Waals surface area contributed by atoms with E-state index in [1.165, 1.54) is 0 Å². The van der Waals surface area contributed by atoms with Gasteiger partial charge < -0.3 is 20.1 Å². The minimum Gasteiger partial charge on any atom is -0.478 e. The molecule has 3 N–H and O–H groups in total. The highest BCUT2D eigenvalue weighted by Gasteiger charge is 2.13. The molecule has 0 aromatic heterocycles. The average Bonchev–Trinajstić information content (AvgIpc) is 2.11. The molecule has 0 aromatic rings. The van der Waals surface area contributed by atoms with Crippen LogP contribution < -0.4 is 0 Å². The maximum absolute atomic E-state index is 10.3. The molecule has 5 nitrogen and oxygen atoms in total. The van der Waals surface area contributed by atoms with E-state index >= 15 is 0 Å². The van der Waals surface area contributed by atoms with Gasteiger partial charge in [0, 0.05) is 12.0 Å². The van der Waals surface area contributed by atoms with Crippen LogP contribution >= 0.6 is 0 Å². The first-order chi connectivity index (χ1) is 6.11. The maximum atomic E-state index is 10.3. The number of aliphatic carboxylic acids is 1. The topological polar surface area (TPSA) is 87.0 Å². The van der Waals surface area contributed by atoms with Crippen LogP contribution in [0.15, 0.2) is 12.2 Å². The number of hydrogen-bond acceptors (Lipinski definition) is 4. The highest BCUT2D eigenvalue weighted by atomic mass is 16.5. The zero-order valence-corrected chi connectivity index (χ0v) is 7.27. The maximum Gasteiger partial charge on any atom is 0.331 e. The summed E-state index contributed by atoms with van der Waals surface area (Å²) < 4.78 is 4.94. The third-order valence-corrected chi connectivity index (χ3v) is 1.42. The number of carboxylic acids is 1. The van der Waals surface area contributed by atoms with E-state index in [4.69, 9.17) is 20.1 Å². The lowest BCUT2D eigenvalue weighted by atomic mass is 10.1. The van der Waals surface area contributed by atoms with E-state index in [-0.39, 0.29) is 31.8 Å². The molecular weight excluding hydrogens is 176 g/mol. The van der Waals surface area contributed by atoms with Crippen molar-refractivity contribution in [2.45, 2.75) is 12.5 Å². The van der Waals surface area contributed by atoms with E-state index in [9.17, 15) is 4.79 Å². The van der Waals surface area contributed by atoms with Crippen LogP contribution in [-0.4, -0.2) is 47.2 Å². The summed E-state index contributed by atoms with van der Waals surface area (Å²) >= 11 is 0. The Hall–Kier alpha value is -0.910. The largest absolute Gasteiger partial charge is 0.478 e. The van der Waals surface area contributed by atoms with Crippen molar-refractivity contribution in [3.8, 4) is 0 Å². The molecule has 0 aliphatic rings. The van der Waals surface area contributed by atoms with Crippen molar-refractivity contribution in [1.29, 1.82) is 0 Å². The fourth-order valence-corrected chi connectivity index (χ4v) is 0.758. The summed E-state index contributed by atoms with van der Waals surface area (Å²) in [5.74, 6) is -1.11. The van der Waals surface area contributed by atoms with Gasteiger partial charge in [0.05, 0.1) is 25.9 Å². The summed E-state index contributed by atoms with van der Waals surface area (Å²) in [5, 5.41) is 25.6. The van der Waals surface area contributed by atoms with Crippen molar-refractivity contribution in [3.63, 3.8) is 0 Å². The lowest BCUT2D eigenvalue weighted by Crippen LogP contribution is -2.21. The van der Waals surface area contributed by atoms with E-state index < -0.39 is 12.1 Å². The van der Waals surface area contributed by atoms with Crippen molar-refractivity contribution >= 4 is 5.97 Å². The Balaban J connectivity index is 3.83. The first-order valence-corrected chi connectivity index (χ1v) is 3.86. The lowest BCUT2D eigenvalue weighted by Gasteiger charge is -2.14. The average molecular weight is 190 g/mol. The molecule has 0 aliphatic heterocycles. The van der Waals surface area contributed by atoms with Gasteiger partial charge in [0.15, 0.2) is 0 Å². The van der Waals surface area contributed by atoms with Crippen molar-refractivity contribution < 1.29 is 24.9 Å². The summed E-state index contributed by atoms with van der Waals surface area (Å²) in [6, 6.07) is 0. The molecule has 0 radical (unpaired) electrons. The number of aliphatic hydroxyl groups excluding tert-OH is 2. The molecule has 0 aromatic carbocycles. The van der Waals surface area contributed by atoms with Gasteiger partial charge >= 0.3 is 5.97 Å². The molecule has 76 valence electrons. The Morgan fingerprint density at radius 3 is 2.46 bits per heavy atom. The van der Waals surface area contributed by atoms with E-state index in [0.717, 1.165) is 0 Å². The predicted molar refractivity (Wildman–Crippen MR) is 45.3 cm³/mol. The Bertz CT molecular complexity index is 177. The first-order valence-electron chi connectivity index (χ1n) is 3.86. The third kappa shape index (κ3) is 5.35. The molecular formula is C8H14O5. The number of rotatable bonds is 7. The molecule has 0 heterocycles. The summed E-state index contributed by atoms with van der Waals surface area (Å²) in [6.45, 7) is 2.94. The van der Waals surface area contributed by atoms with Gasteiger partial charge in [-0.2, -0.15) is 0 Å². The van der Waals surface area contributed by atoms with Crippen molar-refractivity contribution in [2.24, 2.45) is 0 Å². The van der Waals surface area contributed by atoms with Gasteiger partial charge in [-0.1, -0.05) is 6.58 Å². The highest BCUT2D eigenvalue weighted by molar-refractivity contribution is 5.85. The summed E-state index contributed by atoms with van der Waals surface area (Å²) in [6.07, 6.45) is -0.540. The van der Waals surface area contributed by atoms with Crippen LogP contribution in [0.25, 0.3) is 0 Å². The monoisotopic (exact) mass is 190 g/mol. The molecule has 0 aliphatic carbocycles. The van der Waals surface area contributed by atoms with E-state index in [1.54, 1.807) is 0 Å². The molecule has 5 heteroatoms. The van der Waals surface area contributed by atoms with Crippen molar-refractivity contribution in [3.05, 3.63) is 12.2 Å². The van der Waals surface area contributed by atoms with E-state index in [0.29, 0.717) is 0 Å². The molecule has 1 atom stereocenters. The van der Waals surface area contributed by atoms with E-state index in [1.807, 2.05) is 0 Å². The van der Waals surface area contributed by atoms with Gasteiger partial charge in [-0.15, -0.1) is 0 Å². The highest BCUT2D eigenvalue weighted by Crippen LogP contribution is 2.06. The smallest absolute Gasteiger partial charge is 0.331 e. The predicted octanol–water partition coefficient (Wildman–Crippen LogP) is -0.613. The minimum atomic E-state index is -1.11. The quantitative estimate of drug-likeness (QED) is 0.466. The Kier molecular flexibility index (Phi) is 6.13. The Morgan fingerprint density at radius 2 is 2.08 bits per heavy atom. The molecule has 0 saturated heterocycles. The van der Waals surface area contributed by atoms with Crippen molar-refractivity contribution in [2.75, 3.05) is 19.8 Å². The molecule has 1 unspecified atom stereocenters. The van der Waals surface area contributed by atoms with Gasteiger partial charge in [0.1, 0.15) is 0 Å². The second kappa shape index (κ2) is 6.59. The van der Waals surface area contributed by atoms with Crippen LogP contribution in [-0.2, 0) is 9.53 Å². The standard InChI is InChI=1S/C8H14O5/c1-6(8(11)12)4-7(5-10)13-3-2-9/h7,9-10H,1-5H2,(H,11,12). The summed E-state index contributed by atoms with van der Waals surface area (Å²) in [4.78, 5) is 10.3. The fraction of sp³-hybridized carbons (Fsp3) is 0.625. The Morgan fingerprint density at radius 1 is 1.46 bits per heavy atom. The van der Waals surface area contributed by atoms with Gasteiger partial charge in [0.25, 0.3) is 0 Å². The van der Waals surface area contributed by atoms with Crippen molar-refractivity contribution in [1.82, 2.24) is 0 Å². The number of carbonyl (C=O) groups is 1.